The SMILES string of the molecule is CC(C)COCCOC1CC(C)(C)CCC1O. The summed E-state index contributed by atoms with van der Waals surface area (Å²) in [7, 11) is 0. The van der Waals surface area contributed by atoms with Gasteiger partial charge in [0.15, 0.2) is 0 Å². The van der Waals surface area contributed by atoms with Crippen LogP contribution in [0.2, 0.25) is 0 Å². The molecule has 1 rings (SSSR count). The second kappa shape index (κ2) is 6.72. The van der Waals surface area contributed by atoms with Crippen LogP contribution >= 0.6 is 0 Å². The van der Waals surface area contributed by atoms with Crippen molar-refractivity contribution in [1.29, 1.82) is 0 Å². The molecule has 2 unspecified atom stereocenters. The molecule has 0 amide bonds. The second-order valence-electron chi connectivity index (χ2n) is 6.35. The Bertz CT molecular complexity index is 214. The van der Waals surface area contributed by atoms with Crippen molar-refractivity contribution in [3.05, 3.63) is 0 Å². The van der Waals surface area contributed by atoms with Gasteiger partial charge in [0.1, 0.15) is 0 Å². The lowest BCUT2D eigenvalue weighted by Gasteiger charge is -2.38. The average molecular weight is 244 g/mol. The lowest BCUT2D eigenvalue weighted by Crippen LogP contribution is -2.39. The maximum atomic E-state index is 9.88. The van der Waals surface area contributed by atoms with Crippen LogP contribution in [0.15, 0.2) is 0 Å². The van der Waals surface area contributed by atoms with E-state index < -0.39 is 0 Å². The van der Waals surface area contributed by atoms with Crippen LogP contribution in [-0.2, 0) is 9.47 Å². The first-order valence-electron chi connectivity index (χ1n) is 6.78. The summed E-state index contributed by atoms with van der Waals surface area (Å²) < 4.78 is 11.2. The molecule has 0 aliphatic heterocycles. The molecule has 0 saturated heterocycles. The molecule has 0 heterocycles. The van der Waals surface area contributed by atoms with E-state index in [9.17, 15) is 5.11 Å². The van der Waals surface area contributed by atoms with E-state index in [1.165, 1.54) is 0 Å². The van der Waals surface area contributed by atoms with Crippen molar-refractivity contribution >= 4 is 0 Å². The van der Waals surface area contributed by atoms with Gasteiger partial charge in [-0.1, -0.05) is 27.7 Å². The Morgan fingerprint density at radius 1 is 1.29 bits per heavy atom. The molecule has 2 atom stereocenters. The molecule has 0 aromatic carbocycles. The second-order valence-corrected chi connectivity index (χ2v) is 6.35. The zero-order valence-corrected chi connectivity index (χ0v) is 11.7. The summed E-state index contributed by atoms with van der Waals surface area (Å²) >= 11 is 0. The number of ether oxygens (including phenoxy) is 2. The predicted molar refractivity (Wildman–Crippen MR) is 69.0 cm³/mol. The van der Waals surface area contributed by atoms with Crippen LogP contribution in [0.4, 0.5) is 0 Å². The topological polar surface area (TPSA) is 38.7 Å². The quantitative estimate of drug-likeness (QED) is 0.730. The van der Waals surface area contributed by atoms with E-state index in [1.807, 2.05) is 0 Å². The molecule has 1 aliphatic carbocycles. The highest BCUT2D eigenvalue weighted by molar-refractivity contribution is 4.85. The van der Waals surface area contributed by atoms with E-state index in [1.54, 1.807) is 0 Å². The largest absolute Gasteiger partial charge is 0.390 e. The lowest BCUT2D eigenvalue weighted by atomic mass is 9.75. The normalized spacial score (nSPS) is 28.6. The molecular formula is C14H28O3. The molecule has 1 N–H and O–H groups in total. The lowest BCUT2D eigenvalue weighted by molar-refractivity contribution is -0.0976. The fourth-order valence-electron chi connectivity index (χ4n) is 2.25. The van der Waals surface area contributed by atoms with Crippen molar-refractivity contribution in [3.8, 4) is 0 Å². The van der Waals surface area contributed by atoms with Gasteiger partial charge in [-0.15, -0.1) is 0 Å². The first kappa shape index (κ1) is 14.9. The first-order valence-corrected chi connectivity index (χ1v) is 6.78. The average Bonchev–Trinajstić information content (AvgIpc) is 2.22. The molecule has 17 heavy (non-hydrogen) atoms. The van der Waals surface area contributed by atoms with Gasteiger partial charge in [0.25, 0.3) is 0 Å². The van der Waals surface area contributed by atoms with Crippen molar-refractivity contribution in [3.63, 3.8) is 0 Å². The Morgan fingerprint density at radius 3 is 2.65 bits per heavy atom. The number of hydrogen-bond donors (Lipinski definition) is 1. The minimum absolute atomic E-state index is 0.0126. The van der Waals surface area contributed by atoms with Gasteiger partial charge in [0.05, 0.1) is 25.4 Å². The summed E-state index contributed by atoms with van der Waals surface area (Å²) in [4.78, 5) is 0. The van der Waals surface area contributed by atoms with Crippen molar-refractivity contribution in [1.82, 2.24) is 0 Å². The highest BCUT2D eigenvalue weighted by atomic mass is 16.5. The van der Waals surface area contributed by atoms with Gasteiger partial charge in [0.2, 0.25) is 0 Å². The molecule has 0 aromatic heterocycles. The first-order chi connectivity index (χ1) is 7.91. The van der Waals surface area contributed by atoms with Gasteiger partial charge in [-0.2, -0.15) is 0 Å². The van der Waals surface area contributed by atoms with Gasteiger partial charge in [-0.3, -0.25) is 0 Å². The Labute approximate surface area is 105 Å². The number of rotatable bonds is 6. The maximum absolute atomic E-state index is 9.88. The van der Waals surface area contributed by atoms with Gasteiger partial charge in [0, 0.05) is 6.61 Å². The molecule has 102 valence electrons. The van der Waals surface area contributed by atoms with E-state index in [2.05, 4.69) is 27.7 Å². The molecule has 0 aromatic rings. The van der Waals surface area contributed by atoms with Crippen LogP contribution in [0, 0.1) is 11.3 Å². The zero-order chi connectivity index (χ0) is 12.9. The van der Waals surface area contributed by atoms with Gasteiger partial charge >= 0.3 is 0 Å². The summed E-state index contributed by atoms with van der Waals surface area (Å²) in [5, 5.41) is 9.88. The fraction of sp³-hybridized carbons (Fsp3) is 1.00. The van der Waals surface area contributed by atoms with Gasteiger partial charge in [-0.05, 0) is 30.6 Å². The van der Waals surface area contributed by atoms with Crippen molar-refractivity contribution < 1.29 is 14.6 Å². The Balaban J connectivity index is 2.16. The van der Waals surface area contributed by atoms with E-state index >= 15 is 0 Å². The van der Waals surface area contributed by atoms with Crippen molar-refractivity contribution in [2.45, 2.75) is 59.2 Å². The van der Waals surface area contributed by atoms with Crippen LogP contribution in [0.1, 0.15) is 47.0 Å². The minimum atomic E-state index is -0.298. The van der Waals surface area contributed by atoms with Crippen LogP contribution in [-0.4, -0.2) is 37.1 Å². The zero-order valence-electron chi connectivity index (χ0n) is 11.7. The molecular weight excluding hydrogens is 216 g/mol. The molecule has 1 saturated carbocycles. The molecule has 1 aliphatic rings. The summed E-state index contributed by atoms with van der Waals surface area (Å²) in [6, 6.07) is 0. The minimum Gasteiger partial charge on any atom is -0.390 e. The summed E-state index contributed by atoms with van der Waals surface area (Å²) in [5.74, 6) is 0.564. The summed E-state index contributed by atoms with van der Waals surface area (Å²) in [6.07, 6.45) is 2.57. The highest BCUT2D eigenvalue weighted by Crippen LogP contribution is 2.36. The van der Waals surface area contributed by atoms with Crippen LogP contribution < -0.4 is 0 Å². The monoisotopic (exact) mass is 244 g/mol. The molecule has 0 radical (unpaired) electrons. The van der Waals surface area contributed by atoms with Crippen molar-refractivity contribution in [2.24, 2.45) is 11.3 Å². The standard InChI is InChI=1S/C14H28O3/c1-11(2)10-16-7-8-17-13-9-14(3,4)6-5-12(13)15/h11-13,15H,5-10H2,1-4H3. The Hall–Kier alpha value is -0.120. The van der Waals surface area contributed by atoms with Crippen molar-refractivity contribution in [2.75, 3.05) is 19.8 Å². The molecule has 3 heteroatoms. The van der Waals surface area contributed by atoms with E-state index in [0.717, 1.165) is 25.9 Å². The van der Waals surface area contributed by atoms with E-state index in [-0.39, 0.29) is 12.2 Å². The molecule has 1 fully saturated rings. The third-order valence-electron chi connectivity index (χ3n) is 3.31. The van der Waals surface area contributed by atoms with Gasteiger partial charge < -0.3 is 14.6 Å². The molecule has 0 spiro atoms. The van der Waals surface area contributed by atoms with E-state index in [0.29, 0.717) is 24.5 Å². The molecule has 3 nitrogen and oxygen atoms in total. The number of aliphatic hydroxyl groups excluding tert-OH is 1. The Morgan fingerprint density at radius 2 is 2.00 bits per heavy atom. The highest BCUT2D eigenvalue weighted by Gasteiger charge is 2.34. The predicted octanol–water partition coefficient (Wildman–Crippen LogP) is 2.62. The van der Waals surface area contributed by atoms with Crippen LogP contribution in [0.3, 0.4) is 0 Å². The van der Waals surface area contributed by atoms with E-state index in [4.69, 9.17) is 9.47 Å². The number of aliphatic hydroxyl groups is 1. The maximum Gasteiger partial charge on any atom is 0.0840 e. The fourth-order valence-corrected chi connectivity index (χ4v) is 2.25. The third-order valence-corrected chi connectivity index (χ3v) is 3.31. The van der Waals surface area contributed by atoms with Crippen LogP contribution in [0.25, 0.3) is 0 Å². The Kier molecular flexibility index (Phi) is 5.90. The third kappa shape index (κ3) is 5.84. The number of hydrogen-bond acceptors (Lipinski definition) is 3. The van der Waals surface area contributed by atoms with Gasteiger partial charge in [-0.25, -0.2) is 0 Å². The van der Waals surface area contributed by atoms with Crippen LogP contribution in [0.5, 0.6) is 0 Å². The summed E-state index contributed by atoms with van der Waals surface area (Å²) in [5.41, 5.74) is 0.294. The summed E-state index contributed by atoms with van der Waals surface area (Å²) in [6.45, 7) is 10.7. The molecule has 0 bridgehead atoms. The smallest absolute Gasteiger partial charge is 0.0840 e.